The summed E-state index contributed by atoms with van der Waals surface area (Å²) in [5.74, 6) is 0.265. The Labute approximate surface area is 152 Å². The number of benzene rings is 1. The predicted octanol–water partition coefficient (Wildman–Crippen LogP) is 2.78. The quantitative estimate of drug-likeness (QED) is 0.840. The third kappa shape index (κ3) is 3.50. The number of piperazine rings is 1. The van der Waals surface area contributed by atoms with E-state index in [4.69, 9.17) is 0 Å². The van der Waals surface area contributed by atoms with Crippen LogP contribution < -0.4 is 4.90 Å². The molecule has 2 aliphatic heterocycles. The number of rotatable bonds is 3. The van der Waals surface area contributed by atoms with Gasteiger partial charge in [-0.05, 0) is 38.6 Å². The van der Waals surface area contributed by atoms with Gasteiger partial charge >= 0.3 is 0 Å². The van der Waals surface area contributed by atoms with Gasteiger partial charge in [-0.3, -0.25) is 4.90 Å². The van der Waals surface area contributed by atoms with Crippen molar-refractivity contribution >= 4 is 16.7 Å². The number of alkyl halides is 2. The van der Waals surface area contributed by atoms with Crippen LogP contribution in [0.25, 0.3) is 10.9 Å². The molecule has 1 unspecified atom stereocenters. The average Bonchev–Trinajstić information content (AvgIpc) is 2.67. The molecule has 2 aromatic rings. The number of anilines is 1. The van der Waals surface area contributed by atoms with Crippen LogP contribution in [0.2, 0.25) is 0 Å². The maximum absolute atomic E-state index is 13.2. The molecule has 0 radical (unpaired) electrons. The molecule has 5 nitrogen and oxygen atoms in total. The van der Waals surface area contributed by atoms with Crippen molar-refractivity contribution in [2.45, 2.75) is 25.3 Å². The summed E-state index contributed by atoms with van der Waals surface area (Å²) in [6.45, 7) is 5.81. The number of hydrogen-bond donors (Lipinski definition) is 0. The van der Waals surface area contributed by atoms with Crippen LogP contribution in [0.15, 0.2) is 24.3 Å². The highest BCUT2D eigenvalue weighted by Crippen LogP contribution is 2.28. The van der Waals surface area contributed by atoms with E-state index in [1.54, 1.807) is 6.07 Å². The van der Waals surface area contributed by atoms with Crippen LogP contribution in [0.4, 0.5) is 14.6 Å². The molecular formula is C19H25F2N5. The summed E-state index contributed by atoms with van der Waals surface area (Å²) in [5, 5.41) is 0.850. The molecule has 26 heavy (non-hydrogen) atoms. The maximum Gasteiger partial charge on any atom is 0.297 e. The lowest BCUT2D eigenvalue weighted by atomic mass is 10.0. The van der Waals surface area contributed by atoms with E-state index in [1.165, 1.54) is 19.4 Å². The van der Waals surface area contributed by atoms with E-state index in [-0.39, 0.29) is 5.82 Å². The number of likely N-dealkylation sites (N-methyl/N-ethyl adjacent to an activating group) is 1. The van der Waals surface area contributed by atoms with E-state index in [1.807, 2.05) is 18.2 Å². The summed E-state index contributed by atoms with van der Waals surface area (Å²) >= 11 is 0. The van der Waals surface area contributed by atoms with Crippen LogP contribution >= 0.6 is 0 Å². The van der Waals surface area contributed by atoms with Gasteiger partial charge in [-0.15, -0.1) is 0 Å². The second-order valence-corrected chi connectivity index (χ2v) is 7.30. The van der Waals surface area contributed by atoms with Gasteiger partial charge in [-0.2, -0.15) is 0 Å². The van der Waals surface area contributed by atoms with Crippen LogP contribution in [-0.2, 0) is 0 Å². The second kappa shape index (κ2) is 7.40. The topological polar surface area (TPSA) is 35.5 Å². The Morgan fingerprint density at radius 3 is 2.54 bits per heavy atom. The normalized spacial score (nSPS) is 23.1. The van der Waals surface area contributed by atoms with Crippen LogP contribution in [0.5, 0.6) is 0 Å². The zero-order chi connectivity index (χ0) is 18.1. The zero-order valence-electron chi connectivity index (χ0n) is 15.1. The van der Waals surface area contributed by atoms with Crippen molar-refractivity contribution in [1.82, 2.24) is 19.8 Å². The van der Waals surface area contributed by atoms with Gasteiger partial charge in [0.05, 0.1) is 5.52 Å². The highest BCUT2D eigenvalue weighted by molar-refractivity contribution is 5.89. The molecule has 7 heteroatoms. The van der Waals surface area contributed by atoms with Crippen LogP contribution in [-0.4, -0.2) is 72.1 Å². The molecule has 2 aliphatic rings. The molecule has 1 atom stereocenters. The molecule has 1 aromatic carbocycles. The number of piperidine rings is 1. The largest absolute Gasteiger partial charge is 0.353 e. The van der Waals surface area contributed by atoms with E-state index in [0.29, 0.717) is 17.4 Å². The molecule has 0 amide bonds. The lowest BCUT2D eigenvalue weighted by Crippen LogP contribution is -2.54. The molecule has 0 spiro atoms. The Morgan fingerprint density at radius 1 is 1.04 bits per heavy atom. The first-order chi connectivity index (χ1) is 12.6. The summed E-state index contributed by atoms with van der Waals surface area (Å²) in [4.78, 5) is 15.3. The zero-order valence-corrected chi connectivity index (χ0v) is 15.1. The van der Waals surface area contributed by atoms with E-state index in [0.717, 1.165) is 38.1 Å². The third-order valence-corrected chi connectivity index (χ3v) is 5.53. The SMILES string of the molecule is CN1CCCC(N2CCN(c3nc(C(F)F)nc4ccccc34)CC2)C1. The predicted molar refractivity (Wildman–Crippen MR) is 98.8 cm³/mol. The molecule has 0 aliphatic carbocycles. The molecule has 0 saturated carbocycles. The van der Waals surface area contributed by atoms with Gasteiger partial charge in [0.15, 0.2) is 5.82 Å². The Bertz CT molecular complexity index is 761. The minimum atomic E-state index is -2.66. The number of aromatic nitrogens is 2. The Kier molecular flexibility index (Phi) is 5.00. The van der Waals surface area contributed by atoms with Gasteiger partial charge in [-0.1, -0.05) is 12.1 Å². The fourth-order valence-electron chi connectivity index (χ4n) is 4.15. The van der Waals surface area contributed by atoms with Crippen molar-refractivity contribution in [2.24, 2.45) is 0 Å². The number of halogens is 2. The molecular weight excluding hydrogens is 336 g/mol. The highest BCUT2D eigenvalue weighted by Gasteiger charge is 2.28. The first kappa shape index (κ1) is 17.5. The summed E-state index contributed by atoms with van der Waals surface area (Å²) in [7, 11) is 2.18. The summed E-state index contributed by atoms with van der Waals surface area (Å²) in [6, 6.07) is 8.04. The van der Waals surface area contributed by atoms with Crippen LogP contribution in [0.3, 0.4) is 0 Å². The molecule has 2 fully saturated rings. The Balaban J connectivity index is 1.54. The molecule has 1 aromatic heterocycles. The first-order valence-electron chi connectivity index (χ1n) is 9.34. The minimum absolute atomic E-state index is 0.380. The summed E-state index contributed by atoms with van der Waals surface area (Å²) < 4.78 is 26.5. The van der Waals surface area contributed by atoms with Gasteiger partial charge in [0.1, 0.15) is 5.82 Å². The van der Waals surface area contributed by atoms with Gasteiger partial charge in [0.25, 0.3) is 6.43 Å². The minimum Gasteiger partial charge on any atom is -0.353 e. The van der Waals surface area contributed by atoms with Gasteiger partial charge in [0, 0.05) is 44.2 Å². The fourth-order valence-corrected chi connectivity index (χ4v) is 4.15. The molecule has 0 bridgehead atoms. The number of nitrogens with zero attached hydrogens (tertiary/aromatic N) is 5. The highest BCUT2D eigenvalue weighted by atomic mass is 19.3. The lowest BCUT2D eigenvalue weighted by molar-refractivity contribution is 0.106. The van der Waals surface area contributed by atoms with E-state index >= 15 is 0 Å². The van der Waals surface area contributed by atoms with Gasteiger partial charge in [0.2, 0.25) is 0 Å². The summed E-state index contributed by atoms with van der Waals surface area (Å²) in [6.07, 6.45) is -0.163. The van der Waals surface area contributed by atoms with Crippen molar-refractivity contribution in [3.05, 3.63) is 30.1 Å². The summed E-state index contributed by atoms with van der Waals surface area (Å²) in [5.41, 5.74) is 0.587. The monoisotopic (exact) mass is 361 g/mol. The third-order valence-electron chi connectivity index (χ3n) is 5.53. The van der Waals surface area contributed by atoms with E-state index in [9.17, 15) is 8.78 Å². The van der Waals surface area contributed by atoms with Crippen molar-refractivity contribution in [3.63, 3.8) is 0 Å². The molecule has 2 saturated heterocycles. The number of likely N-dealkylation sites (tertiary alicyclic amines) is 1. The van der Waals surface area contributed by atoms with Crippen molar-refractivity contribution in [3.8, 4) is 0 Å². The lowest BCUT2D eigenvalue weighted by Gasteiger charge is -2.43. The average molecular weight is 361 g/mol. The van der Waals surface area contributed by atoms with Crippen LogP contribution in [0, 0.1) is 0 Å². The van der Waals surface area contributed by atoms with Gasteiger partial charge in [-0.25, -0.2) is 18.7 Å². The maximum atomic E-state index is 13.2. The molecule has 4 rings (SSSR count). The standard InChI is InChI=1S/C19H25F2N5/c1-24-8-4-5-14(13-24)25-9-11-26(12-10-25)19-15-6-2-3-7-16(15)22-18(23-19)17(20)21/h2-3,6-7,14,17H,4-5,8-13H2,1H3. The second-order valence-electron chi connectivity index (χ2n) is 7.30. The molecule has 0 N–H and O–H groups in total. The smallest absolute Gasteiger partial charge is 0.297 e. The number of hydrogen-bond acceptors (Lipinski definition) is 5. The number of fused-ring (bicyclic) bond motifs is 1. The Morgan fingerprint density at radius 2 is 1.81 bits per heavy atom. The van der Waals surface area contributed by atoms with E-state index in [2.05, 4.69) is 31.7 Å². The van der Waals surface area contributed by atoms with Crippen molar-refractivity contribution in [1.29, 1.82) is 0 Å². The first-order valence-corrected chi connectivity index (χ1v) is 9.34. The van der Waals surface area contributed by atoms with Crippen LogP contribution in [0.1, 0.15) is 25.1 Å². The van der Waals surface area contributed by atoms with Gasteiger partial charge < -0.3 is 9.80 Å². The van der Waals surface area contributed by atoms with E-state index < -0.39 is 6.43 Å². The molecule has 140 valence electrons. The Hall–Kier alpha value is -1.86. The van der Waals surface area contributed by atoms with Crippen molar-refractivity contribution in [2.75, 3.05) is 51.2 Å². The fraction of sp³-hybridized carbons (Fsp3) is 0.579. The number of para-hydroxylation sites is 1. The van der Waals surface area contributed by atoms with Crippen molar-refractivity contribution < 1.29 is 8.78 Å². The molecule has 3 heterocycles.